The zero-order chi connectivity index (χ0) is 15.8. The third-order valence-electron chi connectivity index (χ3n) is 3.93. The fourth-order valence-electron chi connectivity index (χ4n) is 2.38. The summed E-state index contributed by atoms with van der Waals surface area (Å²) in [6, 6.07) is 6.58. The Bertz CT molecular complexity index is 645. The van der Waals surface area contributed by atoms with E-state index in [1.165, 1.54) is 28.1 Å². The molecular weight excluding hydrogens is 258 g/mol. The standard InChI is InChI=1S/C18H27N3/c1-12-8-9-17(16(10-12)11-19-18(5,6)7)21-15(4)13(2)14(3)20-21/h8-10,19H,11H2,1-7H3. The van der Waals surface area contributed by atoms with Crippen LogP contribution in [0.3, 0.4) is 0 Å². The molecule has 0 spiro atoms. The third kappa shape index (κ3) is 3.53. The van der Waals surface area contributed by atoms with Gasteiger partial charge in [-0.05, 0) is 65.7 Å². The van der Waals surface area contributed by atoms with Gasteiger partial charge >= 0.3 is 0 Å². The lowest BCUT2D eigenvalue weighted by Gasteiger charge is -2.22. The van der Waals surface area contributed by atoms with E-state index in [1.54, 1.807) is 0 Å². The highest BCUT2D eigenvalue weighted by Crippen LogP contribution is 2.21. The van der Waals surface area contributed by atoms with Crippen molar-refractivity contribution in [2.24, 2.45) is 0 Å². The highest BCUT2D eigenvalue weighted by Gasteiger charge is 2.14. The number of aromatic nitrogens is 2. The van der Waals surface area contributed by atoms with Gasteiger partial charge in [0.05, 0.1) is 11.4 Å². The first-order valence-corrected chi connectivity index (χ1v) is 7.57. The smallest absolute Gasteiger partial charge is 0.0694 e. The molecule has 0 fully saturated rings. The van der Waals surface area contributed by atoms with Crippen LogP contribution in [0.15, 0.2) is 18.2 Å². The van der Waals surface area contributed by atoms with E-state index in [4.69, 9.17) is 5.10 Å². The number of nitrogens with one attached hydrogen (secondary N) is 1. The Labute approximate surface area is 128 Å². The second-order valence-corrected chi connectivity index (χ2v) is 6.94. The molecule has 1 N–H and O–H groups in total. The lowest BCUT2D eigenvalue weighted by molar-refractivity contribution is 0.423. The molecule has 1 aromatic carbocycles. The molecule has 1 heterocycles. The van der Waals surface area contributed by atoms with Crippen molar-refractivity contribution in [2.45, 2.75) is 60.5 Å². The van der Waals surface area contributed by atoms with Crippen molar-refractivity contribution in [2.75, 3.05) is 0 Å². The number of hydrogen-bond acceptors (Lipinski definition) is 2. The van der Waals surface area contributed by atoms with Crippen molar-refractivity contribution < 1.29 is 0 Å². The summed E-state index contributed by atoms with van der Waals surface area (Å²) in [6.07, 6.45) is 0. The summed E-state index contributed by atoms with van der Waals surface area (Å²) in [6.45, 7) is 15.9. The summed E-state index contributed by atoms with van der Waals surface area (Å²) in [5.74, 6) is 0. The summed E-state index contributed by atoms with van der Waals surface area (Å²) in [4.78, 5) is 0. The van der Waals surface area contributed by atoms with E-state index >= 15 is 0 Å². The maximum atomic E-state index is 4.70. The van der Waals surface area contributed by atoms with Crippen LogP contribution in [0, 0.1) is 27.7 Å². The van der Waals surface area contributed by atoms with Crippen molar-refractivity contribution in [1.29, 1.82) is 0 Å². The fourth-order valence-corrected chi connectivity index (χ4v) is 2.38. The minimum atomic E-state index is 0.103. The Kier molecular flexibility index (Phi) is 4.24. The van der Waals surface area contributed by atoms with Gasteiger partial charge in [0.15, 0.2) is 0 Å². The van der Waals surface area contributed by atoms with E-state index < -0.39 is 0 Å². The van der Waals surface area contributed by atoms with E-state index in [0.717, 1.165) is 12.2 Å². The van der Waals surface area contributed by atoms with Crippen LogP contribution in [0.25, 0.3) is 5.69 Å². The molecule has 0 radical (unpaired) electrons. The van der Waals surface area contributed by atoms with Gasteiger partial charge < -0.3 is 5.32 Å². The van der Waals surface area contributed by atoms with Crippen LogP contribution in [-0.2, 0) is 6.54 Å². The van der Waals surface area contributed by atoms with E-state index in [2.05, 4.69) is 76.7 Å². The summed E-state index contributed by atoms with van der Waals surface area (Å²) >= 11 is 0. The Hall–Kier alpha value is -1.61. The molecule has 0 aliphatic heterocycles. The molecule has 114 valence electrons. The topological polar surface area (TPSA) is 29.9 Å². The first kappa shape index (κ1) is 15.8. The van der Waals surface area contributed by atoms with Gasteiger partial charge in [-0.1, -0.05) is 17.7 Å². The number of nitrogens with zero attached hydrogens (tertiary/aromatic N) is 2. The van der Waals surface area contributed by atoms with Crippen LogP contribution in [0.1, 0.15) is 48.8 Å². The molecular formula is C18H27N3. The van der Waals surface area contributed by atoms with Gasteiger partial charge in [0.1, 0.15) is 0 Å². The quantitative estimate of drug-likeness (QED) is 0.924. The maximum Gasteiger partial charge on any atom is 0.0694 e. The Morgan fingerprint density at radius 1 is 1.10 bits per heavy atom. The molecule has 3 heteroatoms. The van der Waals surface area contributed by atoms with Gasteiger partial charge in [-0.3, -0.25) is 0 Å². The molecule has 2 aromatic rings. The molecule has 2 rings (SSSR count). The van der Waals surface area contributed by atoms with Crippen LogP contribution >= 0.6 is 0 Å². The summed E-state index contributed by atoms with van der Waals surface area (Å²) in [5, 5.41) is 8.28. The van der Waals surface area contributed by atoms with Crippen LogP contribution < -0.4 is 5.32 Å². The molecule has 0 aliphatic rings. The minimum Gasteiger partial charge on any atom is -0.308 e. The molecule has 21 heavy (non-hydrogen) atoms. The van der Waals surface area contributed by atoms with Gasteiger partial charge in [-0.2, -0.15) is 5.10 Å². The lowest BCUT2D eigenvalue weighted by atomic mass is 10.1. The average molecular weight is 285 g/mol. The highest BCUT2D eigenvalue weighted by molar-refractivity contribution is 5.45. The largest absolute Gasteiger partial charge is 0.308 e. The second-order valence-electron chi connectivity index (χ2n) is 6.94. The predicted molar refractivity (Wildman–Crippen MR) is 89.1 cm³/mol. The molecule has 0 aliphatic carbocycles. The number of hydrogen-bond donors (Lipinski definition) is 1. The van der Waals surface area contributed by atoms with Crippen molar-refractivity contribution >= 4 is 0 Å². The highest BCUT2D eigenvalue weighted by atomic mass is 15.3. The van der Waals surface area contributed by atoms with Gasteiger partial charge in [0.2, 0.25) is 0 Å². The molecule has 0 amide bonds. The van der Waals surface area contributed by atoms with Crippen molar-refractivity contribution in [3.63, 3.8) is 0 Å². The molecule has 0 saturated carbocycles. The molecule has 0 bridgehead atoms. The van der Waals surface area contributed by atoms with Crippen molar-refractivity contribution in [3.8, 4) is 5.69 Å². The molecule has 0 unspecified atom stereocenters. The Balaban J connectivity index is 2.46. The second kappa shape index (κ2) is 5.64. The van der Waals surface area contributed by atoms with Crippen LogP contribution in [0.4, 0.5) is 0 Å². The molecule has 0 saturated heterocycles. The minimum absolute atomic E-state index is 0.103. The van der Waals surface area contributed by atoms with Crippen LogP contribution in [0.2, 0.25) is 0 Å². The third-order valence-corrected chi connectivity index (χ3v) is 3.93. The normalized spacial score (nSPS) is 12.0. The van der Waals surface area contributed by atoms with Gasteiger partial charge in [0.25, 0.3) is 0 Å². The predicted octanol–water partition coefficient (Wildman–Crippen LogP) is 3.99. The van der Waals surface area contributed by atoms with E-state index in [-0.39, 0.29) is 5.54 Å². The number of rotatable bonds is 3. The molecule has 1 aromatic heterocycles. The van der Waals surface area contributed by atoms with Crippen molar-refractivity contribution in [1.82, 2.24) is 15.1 Å². The van der Waals surface area contributed by atoms with Gasteiger partial charge in [-0.25, -0.2) is 4.68 Å². The Morgan fingerprint density at radius 2 is 1.76 bits per heavy atom. The zero-order valence-corrected chi connectivity index (χ0v) is 14.3. The molecule has 3 nitrogen and oxygen atoms in total. The van der Waals surface area contributed by atoms with E-state index in [9.17, 15) is 0 Å². The summed E-state index contributed by atoms with van der Waals surface area (Å²) in [7, 11) is 0. The maximum absolute atomic E-state index is 4.70. The van der Waals surface area contributed by atoms with E-state index in [0.29, 0.717) is 0 Å². The first-order chi connectivity index (χ1) is 9.69. The lowest BCUT2D eigenvalue weighted by Crippen LogP contribution is -2.35. The Morgan fingerprint density at radius 3 is 2.29 bits per heavy atom. The van der Waals surface area contributed by atoms with Gasteiger partial charge in [0, 0.05) is 17.8 Å². The van der Waals surface area contributed by atoms with Crippen LogP contribution in [-0.4, -0.2) is 15.3 Å². The first-order valence-electron chi connectivity index (χ1n) is 7.57. The zero-order valence-electron chi connectivity index (χ0n) is 14.3. The monoisotopic (exact) mass is 285 g/mol. The average Bonchev–Trinajstić information content (AvgIpc) is 2.63. The fraction of sp³-hybridized carbons (Fsp3) is 0.500. The van der Waals surface area contributed by atoms with E-state index in [1.807, 2.05) is 0 Å². The number of benzene rings is 1. The summed E-state index contributed by atoms with van der Waals surface area (Å²) < 4.78 is 2.07. The summed E-state index contributed by atoms with van der Waals surface area (Å²) in [5.41, 5.74) is 7.43. The van der Waals surface area contributed by atoms with Crippen molar-refractivity contribution in [3.05, 3.63) is 46.3 Å². The van der Waals surface area contributed by atoms with Gasteiger partial charge in [-0.15, -0.1) is 0 Å². The SMILES string of the molecule is Cc1ccc(-n2nc(C)c(C)c2C)c(CNC(C)(C)C)c1. The molecule has 0 atom stereocenters. The number of aryl methyl sites for hydroxylation is 2. The van der Waals surface area contributed by atoms with Crippen LogP contribution in [0.5, 0.6) is 0 Å².